The normalized spacial score (nSPS) is 13.6. The van der Waals surface area contributed by atoms with Gasteiger partial charge in [-0.3, -0.25) is 14.5 Å². The highest BCUT2D eigenvalue weighted by Crippen LogP contribution is 2.25. The molecule has 0 fully saturated rings. The van der Waals surface area contributed by atoms with Crippen molar-refractivity contribution in [1.82, 2.24) is 9.88 Å². The molecule has 126 valence electrons. The summed E-state index contributed by atoms with van der Waals surface area (Å²) in [6.45, 7) is 0.426. The summed E-state index contributed by atoms with van der Waals surface area (Å²) < 4.78 is 5.23. The van der Waals surface area contributed by atoms with Gasteiger partial charge in [0.05, 0.1) is 18.2 Å². The number of fused-ring (bicyclic) bond motifs is 2. The van der Waals surface area contributed by atoms with Crippen molar-refractivity contribution in [2.24, 2.45) is 0 Å². The molecule has 0 atom stereocenters. The van der Waals surface area contributed by atoms with Crippen LogP contribution in [0.15, 0.2) is 48.7 Å². The van der Waals surface area contributed by atoms with Gasteiger partial charge < -0.3 is 9.72 Å². The lowest BCUT2D eigenvalue weighted by Gasteiger charge is -2.13. The average Bonchev–Trinajstić information content (AvgIpc) is 3.16. The number of benzene rings is 2. The predicted octanol–water partition coefficient (Wildman–Crippen LogP) is 3.41. The van der Waals surface area contributed by atoms with Crippen molar-refractivity contribution in [3.63, 3.8) is 0 Å². The van der Waals surface area contributed by atoms with Crippen LogP contribution in [0.5, 0.6) is 5.75 Å². The zero-order chi connectivity index (χ0) is 17.4. The fourth-order valence-electron chi connectivity index (χ4n) is 3.37. The van der Waals surface area contributed by atoms with E-state index >= 15 is 0 Å². The smallest absolute Gasteiger partial charge is 0.261 e. The zero-order valence-corrected chi connectivity index (χ0v) is 13.9. The molecule has 0 spiro atoms. The minimum atomic E-state index is -0.190. The molecule has 0 aliphatic carbocycles. The molecule has 0 saturated carbocycles. The van der Waals surface area contributed by atoms with Crippen LogP contribution in [0.4, 0.5) is 0 Å². The molecule has 25 heavy (non-hydrogen) atoms. The van der Waals surface area contributed by atoms with Crippen LogP contribution in [0, 0.1) is 0 Å². The number of aromatic nitrogens is 1. The molecule has 5 heteroatoms. The van der Waals surface area contributed by atoms with E-state index in [1.54, 1.807) is 31.4 Å². The van der Waals surface area contributed by atoms with E-state index in [1.807, 2.05) is 24.4 Å². The summed E-state index contributed by atoms with van der Waals surface area (Å²) in [4.78, 5) is 29.3. The van der Waals surface area contributed by atoms with E-state index in [2.05, 4.69) is 4.98 Å². The number of hydrogen-bond donors (Lipinski definition) is 1. The van der Waals surface area contributed by atoms with Crippen LogP contribution in [-0.2, 0) is 6.42 Å². The minimum Gasteiger partial charge on any atom is -0.497 e. The second-order valence-corrected chi connectivity index (χ2v) is 6.14. The number of rotatable bonds is 5. The summed E-state index contributed by atoms with van der Waals surface area (Å²) in [6, 6.07) is 12.9. The van der Waals surface area contributed by atoms with Crippen molar-refractivity contribution in [2.75, 3.05) is 13.7 Å². The lowest BCUT2D eigenvalue weighted by molar-refractivity contribution is 0.0652. The standard InChI is InChI=1S/C20H18N2O3/c1-25-14-8-9-15-13(12-21-18(15)11-14)5-4-10-22-19(23)16-6-2-3-7-17(16)20(22)24/h2-3,6-9,11-12,21H,4-5,10H2,1H3. The molecular formula is C20H18N2O3. The van der Waals surface area contributed by atoms with Crippen LogP contribution in [0.3, 0.4) is 0 Å². The fraction of sp³-hybridized carbons (Fsp3) is 0.200. The summed E-state index contributed by atoms with van der Waals surface area (Å²) >= 11 is 0. The Morgan fingerprint density at radius 1 is 1.04 bits per heavy atom. The molecule has 0 bridgehead atoms. The van der Waals surface area contributed by atoms with Gasteiger partial charge in [-0.1, -0.05) is 12.1 Å². The number of nitrogens with zero attached hydrogens (tertiary/aromatic N) is 1. The van der Waals surface area contributed by atoms with E-state index in [4.69, 9.17) is 4.74 Å². The molecule has 5 nitrogen and oxygen atoms in total. The van der Waals surface area contributed by atoms with Gasteiger partial charge in [-0.05, 0) is 42.7 Å². The van der Waals surface area contributed by atoms with Crippen LogP contribution in [0.1, 0.15) is 32.7 Å². The first-order valence-electron chi connectivity index (χ1n) is 8.28. The Labute approximate surface area is 145 Å². The molecule has 0 unspecified atom stereocenters. The molecule has 4 rings (SSSR count). The summed E-state index contributed by atoms with van der Waals surface area (Å²) in [5.74, 6) is 0.431. The average molecular weight is 334 g/mol. The van der Waals surface area contributed by atoms with Crippen LogP contribution in [0.2, 0.25) is 0 Å². The van der Waals surface area contributed by atoms with E-state index in [0.717, 1.165) is 29.5 Å². The second kappa shape index (κ2) is 6.09. The van der Waals surface area contributed by atoms with Crippen molar-refractivity contribution < 1.29 is 14.3 Å². The van der Waals surface area contributed by atoms with Gasteiger partial charge in [0.1, 0.15) is 5.75 Å². The number of imide groups is 1. The molecule has 0 radical (unpaired) electrons. The van der Waals surface area contributed by atoms with Gasteiger partial charge in [0, 0.05) is 29.7 Å². The van der Waals surface area contributed by atoms with Crippen molar-refractivity contribution in [3.05, 3.63) is 65.4 Å². The molecule has 0 saturated heterocycles. The molecule has 2 aromatic carbocycles. The molecular weight excluding hydrogens is 316 g/mol. The SMILES string of the molecule is COc1ccc2c(CCCN3C(=O)c4ccccc4C3=O)c[nH]c2c1. The number of nitrogens with one attached hydrogen (secondary N) is 1. The van der Waals surface area contributed by atoms with Crippen molar-refractivity contribution in [2.45, 2.75) is 12.8 Å². The Bertz CT molecular complexity index is 939. The number of aromatic amines is 1. The third kappa shape index (κ3) is 2.58. The van der Waals surface area contributed by atoms with E-state index < -0.39 is 0 Å². The van der Waals surface area contributed by atoms with E-state index in [1.165, 1.54) is 10.5 Å². The quantitative estimate of drug-likeness (QED) is 0.727. The monoisotopic (exact) mass is 334 g/mol. The van der Waals surface area contributed by atoms with Crippen LogP contribution < -0.4 is 4.74 Å². The van der Waals surface area contributed by atoms with Gasteiger partial charge >= 0.3 is 0 Å². The van der Waals surface area contributed by atoms with E-state index in [-0.39, 0.29) is 11.8 Å². The van der Waals surface area contributed by atoms with Crippen LogP contribution in [0.25, 0.3) is 10.9 Å². The van der Waals surface area contributed by atoms with Gasteiger partial charge in [0.15, 0.2) is 0 Å². The summed E-state index contributed by atoms with van der Waals surface area (Å²) in [7, 11) is 1.65. The van der Waals surface area contributed by atoms with Crippen molar-refractivity contribution >= 4 is 22.7 Å². The van der Waals surface area contributed by atoms with Gasteiger partial charge in [-0.25, -0.2) is 0 Å². The molecule has 2 heterocycles. The number of amides is 2. The topological polar surface area (TPSA) is 62.4 Å². The first-order valence-corrected chi connectivity index (χ1v) is 8.28. The third-order valence-electron chi connectivity index (χ3n) is 4.68. The van der Waals surface area contributed by atoms with Crippen LogP contribution >= 0.6 is 0 Å². The molecule has 2 amide bonds. The Morgan fingerprint density at radius 3 is 2.44 bits per heavy atom. The molecule has 1 N–H and O–H groups in total. The number of aryl methyl sites for hydroxylation is 1. The Morgan fingerprint density at radius 2 is 1.76 bits per heavy atom. The van der Waals surface area contributed by atoms with Crippen LogP contribution in [-0.4, -0.2) is 35.4 Å². The molecule has 1 aliphatic heterocycles. The fourth-order valence-corrected chi connectivity index (χ4v) is 3.37. The lowest BCUT2D eigenvalue weighted by Crippen LogP contribution is -2.30. The first kappa shape index (κ1) is 15.4. The zero-order valence-electron chi connectivity index (χ0n) is 13.9. The summed E-state index contributed by atoms with van der Waals surface area (Å²) in [6.07, 6.45) is 3.50. The lowest BCUT2D eigenvalue weighted by atomic mass is 10.1. The number of hydrogen-bond acceptors (Lipinski definition) is 3. The molecule has 1 aliphatic rings. The maximum absolute atomic E-state index is 12.4. The number of methoxy groups -OCH3 is 1. The van der Waals surface area contributed by atoms with Gasteiger partial charge in [0.25, 0.3) is 11.8 Å². The minimum absolute atomic E-state index is 0.190. The summed E-state index contributed by atoms with van der Waals surface area (Å²) in [5.41, 5.74) is 3.21. The number of ether oxygens (including phenoxy) is 1. The maximum Gasteiger partial charge on any atom is 0.261 e. The first-order chi connectivity index (χ1) is 12.2. The number of carbonyl (C=O) groups excluding carboxylic acids is 2. The highest BCUT2D eigenvalue weighted by molar-refractivity contribution is 6.21. The van der Waals surface area contributed by atoms with Gasteiger partial charge in [-0.15, -0.1) is 0 Å². The Balaban J connectivity index is 1.45. The molecule has 1 aromatic heterocycles. The summed E-state index contributed by atoms with van der Waals surface area (Å²) in [5, 5.41) is 1.14. The van der Waals surface area contributed by atoms with Gasteiger partial charge in [-0.2, -0.15) is 0 Å². The van der Waals surface area contributed by atoms with Crippen molar-refractivity contribution in [1.29, 1.82) is 0 Å². The highest BCUT2D eigenvalue weighted by Gasteiger charge is 2.34. The predicted molar refractivity (Wildman–Crippen MR) is 95.0 cm³/mol. The Kier molecular flexibility index (Phi) is 3.76. The van der Waals surface area contributed by atoms with E-state index in [0.29, 0.717) is 17.7 Å². The van der Waals surface area contributed by atoms with Crippen molar-refractivity contribution in [3.8, 4) is 5.75 Å². The van der Waals surface area contributed by atoms with Gasteiger partial charge in [0.2, 0.25) is 0 Å². The van der Waals surface area contributed by atoms with E-state index in [9.17, 15) is 9.59 Å². The maximum atomic E-state index is 12.4. The second-order valence-electron chi connectivity index (χ2n) is 6.14. The highest BCUT2D eigenvalue weighted by atomic mass is 16.5. The Hall–Kier alpha value is -3.08. The molecule has 3 aromatic rings. The largest absolute Gasteiger partial charge is 0.497 e. The number of H-pyrrole nitrogens is 1. The third-order valence-corrected chi connectivity index (χ3v) is 4.68. The number of carbonyl (C=O) groups is 2.